The Morgan fingerprint density at radius 2 is 1.76 bits per heavy atom. The number of nitrogens with one attached hydrogen (secondary N) is 2. The Kier molecular flexibility index (Phi) is 5.25. The lowest BCUT2D eigenvalue weighted by Gasteiger charge is -2.38. The van der Waals surface area contributed by atoms with Gasteiger partial charge in [-0.25, -0.2) is 0 Å². The molecule has 0 aromatic rings. The molecule has 0 aromatic heterocycles. The average molecular weight is 296 g/mol. The molecule has 120 valence electrons. The predicted octanol–water partition coefficient (Wildman–Crippen LogP) is 1.92. The van der Waals surface area contributed by atoms with Gasteiger partial charge in [0.25, 0.3) is 0 Å². The zero-order valence-corrected chi connectivity index (χ0v) is 13.0. The average Bonchev–Trinajstić information content (AvgIpc) is 2.54. The first-order valence-electron chi connectivity index (χ1n) is 8.27. The first-order chi connectivity index (χ1) is 10.0. The molecule has 0 bridgehead atoms. The lowest BCUT2D eigenvalue weighted by Crippen LogP contribution is -2.53. The number of carbonyl (C=O) groups excluding carboxylic acids is 1. The van der Waals surface area contributed by atoms with Crippen LogP contribution in [0.5, 0.6) is 0 Å². The molecule has 1 unspecified atom stereocenters. The van der Waals surface area contributed by atoms with E-state index >= 15 is 0 Å². The zero-order chi connectivity index (χ0) is 15.3. The van der Waals surface area contributed by atoms with Crippen LogP contribution in [-0.2, 0) is 9.59 Å². The van der Waals surface area contributed by atoms with Gasteiger partial charge in [-0.15, -0.1) is 0 Å². The van der Waals surface area contributed by atoms with Gasteiger partial charge in [-0.2, -0.15) is 0 Å². The monoisotopic (exact) mass is 296 g/mol. The number of hydrogen-bond acceptors (Lipinski definition) is 3. The van der Waals surface area contributed by atoms with Gasteiger partial charge in [-0.3, -0.25) is 9.59 Å². The van der Waals surface area contributed by atoms with E-state index in [0.29, 0.717) is 19.4 Å². The van der Waals surface area contributed by atoms with E-state index in [1.807, 2.05) is 6.92 Å². The van der Waals surface area contributed by atoms with Gasteiger partial charge >= 0.3 is 5.97 Å². The van der Waals surface area contributed by atoms with E-state index in [-0.39, 0.29) is 17.9 Å². The van der Waals surface area contributed by atoms with E-state index in [9.17, 15) is 14.7 Å². The van der Waals surface area contributed by atoms with Crippen molar-refractivity contribution >= 4 is 11.9 Å². The van der Waals surface area contributed by atoms with Crippen molar-refractivity contribution in [3.8, 4) is 0 Å². The standard InChI is InChI=1S/C16H28N2O3/c1-2-15(9-6-10-17-11-15)13(19)18-12-16(14(20)21)7-4-3-5-8-16/h17H,2-12H2,1H3,(H,18,19)(H,20,21). The Bertz CT molecular complexity index is 383. The molecule has 0 spiro atoms. The minimum Gasteiger partial charge on any atom is -0.481 e. The molecule has 21 heavy (non-hydrogen) atoms. The Balaban J connectivity index is 1.99. The summed E-state index contributed by atoms with van der Waals surface area (Å²) in [4.78, 5) is 24.3. The van der Waals surface area contributed by atoms with Gasteiger partial charge in [0, 0.05) is 13.1 Å². The van der Waals surface area contributed by atoms with Crippen molar-refractivity contribution in [3.05, 3.63) is 0 Å². The van der Waals surface area contributed by atoms with Gasteiger partial charge in [0.1, 0.15) is 0 Å². The molecule has 5 heteroatoms. The summed E-state index contributed by atoms with van der Waals surface area (Å²) in [5.74, 6) is -0.724. The predicted molar refractivity (Wildman–Crippen MR) is 81.0 cm³/mol. The maximum absolute atomic E-state index is 12.6. The second-order valence-corrected chi connectivity index (χ2v) is 6.74. The van der Waals surface area contributed by atoms with Crippen LogP contribution >= 0.6 is 0 Å². The summed E-state index contributed by atoms with van der Waals surface area (Å²) in [6.07, 6.45) is 7.05. The zero-order valence-electron chi connectivity index (χ0n) is 13.0. The fraction of sp³-hybridized carbons (Fsp3) is 0.875. The molecule has 1 heterocycles. The van der Waals surface area contributed by atoms with Crippen molar-refractivity contribution in [3.63, 3.8) is 0 Å². The molecule has 1 amide bonds. The highest BCUT2D eigenvalue weighted by Crippen LogP contribution is 2.37. The van der Waals surface area contributed by atoms with Gasteiger partial charge < -0.3 is 15.7 Å². The van der Waals surface area contributed by atoms with Crippen LogP contribution in [0.25, 0.3) is 0 Å². The summed E-state index contributed by atoms with van der Waals surface area (Å²) in [7, 11) is 0. The number of rotatable bonds is 5. The van der Waals surface area contributed by atoms with Gasteiger partial charge in [-0.05, 0) is 38.6 Å². The van der Waals surface area contributed by atoms with Crippen LogP contribution in [0.3, 0.4) is 0 Å². The molecular formula is C16H28N2O3. The van der Waals surface area contributed by atoms with E-state index in [1.165, 1.54) is 0 Å². The molecule has 1 aliphatic carbocycles. The minimum atomic E-state index is -0.755. The van der Waals surface area contributed by atoms with E-state index in [1.54, 1.807) is 0 Å². The smallest absolute Gasteiger partial charge is 0.311 e. The van der Waals surface area contributed by atoms with Crippen LogP contribution in [0.4, 0.5) is 0 Å². The largest absolute Gasteiger partial charge is 0.481 e. The fourth-order valence-corrected chi connectivity index (χ4v) is 3.76. The lowest BCUT2D eigenvalue weighted by molar-refractivity contribution is -0.151. The molecule has 3 N–H and O–H groups in total. The first kappa shape index (κ1) is 16.3. The Morgan fingerprint density at radius 3 is 2.29 bits per heavy atom. The van der Waals surface area contributed by atoms with Gasteiger partial charge in [0.15, 0.2) is 0 Å². The van der Waals surface area contributed by atoms with E-state index in [0.717, 1.165) is 45.1 Å². The van der Waals surface area contributed by atoms with Gasteiger partial charge in [-0.1, -0.05) is 26.2 Å². The summed E-state index contributed by atoms with van der Waals surface area (Å²) in [5, 5.41) is 15.8. The summed E-state index contributed by atoms with van der Waals surface area (Å²) in [6.45, 7) is 3.99. The van der Waals surface area contributed by atoms with E-state index < -0.39 is 11.4 Å². The van der Waals surface area contributed by atoms with Crippen molar-refractivity contribution in [2.45, 2.75) is 58.3 Å². The molecule has 1 atom stereocenters. The number of carboxylic acids is 1. The van der Waals surface area contributed by atoms with E-state index in [2.05, 4.69) is 10.6 Å². The topological polar surface area (TPSA) is 78.4 Å². The molecule has 2 aliphatic rings. The molecular weight excluding hydrogens is 268 g/mol. The van der Waals surface area contributed by atoms with Crippen LogP contribution in [-0.4, -0.2) is 36.6 Å². The normalized spacial score (nSPS) is 28.8. The molecule has 1 saturated heterocycles. The third kappa shape index (κ3) is 3.39. The van der Waals surface area contributed by atoms with E-state index in [4.69, 9.17) is 0 Å². The Morgan fingerprint density at radius 1 is 1.10 bits per heavy atom. The summed E-state index contributed by atoms with van der Waals surface area (Å²) in [6, 6.07) is 0. The number of carbonyl (C=O) groups is 2. The SMILES string of the molecule is CCC1(C(=O)NCC2(C(=O)O)CCCCC2)CCCNC1. The van der Waals surface area contributed by atoms with Crippen LogP contribution in [0.1, 0.15) is 58.3 Å². The maximum atomic E-state index is 12.6. The number of hydrogen-bond donors (Lipinski definition) is 3. The fourth-order valence-electron chi connectivity index (χ4n) is 3.76. The highest BCUT2D eigenvalue weighted by atomic mass is 16.4. The minimum absolute atomic E-state index is 0.0309. The lowest BCUT2D eigenvalue weighted by atomic mass is 9.73. The van der Waals surface area contributed by atoms with Crippen LogP contribution < -0.4 is 10.6 Å². The van der Waals surface area contributed by atoms with Crippen LogP contribution in [0.15, 0.2) is 0 Å². The maximum Gasteiger partial charge on any atom is 0.311 e. The third-order valence-corrected chi connectivity index (χ3v) is 5.48. The number of aliphatic carboxylic acids is 1. The number of amides is 1. The molecule has 0 aromatic carbocycles. The van der Waals surface area contributed by atoms with Crippen molar-refractivity contribution < 1.29 is 14.7 Å². The van der Waals surface area contributed by atoms with Crippen molar-refractivity contribution in [2.24, 2.45) is 10.8 Å². The second-order valence-electron chi connectivity index (χ2n) is 6.74. The highest BCUT2D eigenvalue weighted by Gasteiger charge is 2.43. The quantitative estimate of drug-likeness (QED) is 0.724. The van der Waals surface area contributed by atoms with Gasteiger partial charge in [0.05, 0.1) is 10.8 Å². The summed E-state index contributed by atoms with van der Waals surface area (Å²) < 4.78 is 0. The van der Waals surface area contributed by atoms with Crippen molar-refractivity contribution in [1.82, 2.24) is 10.6 Å². The second kappa shape index (κ2) is 6.77. The van der Waals surface area contributed by atoms with Crippen LogP contribution in [0, 0.1) is 10.8 Å². The van der Waals surface area contributed by atoms with Gasteiger partial charge in [0.2, 0.25) is 5.91 Å². The summed E-state index contributed by atoms with van der Waals surface area (Å²) in [5.41, 5.74) is -1.10. The van der Waals surface area contributed by atoms with Crippen molar-refractivity contribution in [1.29, 1.82) is 0 Å². The molecule has 1 aliphatic heterocycles. The summed E-state index contributed by atoms with van der Waals surface area (Å²) >= 11 is 0. The highest BCUT2D eigenvalue weighted by molar-refractivity contribution is 5.84. The Labute approximate surface area is 126 Å². The van der Waals surface area contributed by atoms with Crippen molar-refractivity contribution in [2.75, 3.05) is 19.6 Å². The molecule has 2 rings (SSSR count). The Hall–Kier alpha value is -1.10. The van der Waals surface area contributed by atoms with Crippen LogP contribution in [0.2, 0.25) is 0 Å². The molecule has 2 fully saturated rings. The molecule has 0 radical (unpaired) electrons. The first-order valence-corrected chi connectivity index (χ1v) is 8.27. The molecule has 1 saturated carbocycles. The number of carboxylic acid groups (broad SMARTS) is 1. The molecule has 5 nitrogen and oxygen atoms in total. The number of piperidine rings is 1. The third-order valence-electron chi connectivity index (χ3n) is 5.48.